The summed E-state index contributed by atoms with van der Waals surface area (Å²) in [5, 5.41) is 6.98. The van der Waals surface area contributed by atoms with Crippen LogP contribution in [0, 0.1) is 0 Å². The Balaban J connectivity index is 1.52. The zero-order valence-electron chi connectivity index (χ0n) is 9.24. The highest BCUT2D eigenvalue weighted by molar-refractivity contribution is 7.98. The summed E-state index contributed by atoms with van der Waals surface area (Å²) in [4.78, 5) is 9.42. The Kier molecular flexibility index (Phi) is 5.18. The van der Waals surface area contributed by atoms with Gasteiger partial charge >= 0.3 is 0 Å². The standard InChI is InChI=1S/C10H13N5S2/c1-3-11-10(12-4-1)13-5-2-6-16-8-9-7-14-15-17-9/h1,3-4,7H,2,5-6,8H2,(H,11,12,13). The fourth-order valence-corrected chi connectivity index (χ4v) is 2.71. The lowest BCUT2D eigenvalue weighted by molar-refractivity contribution is 0.961. The third kappa shape index (κ3) is 4.66. The summed E-state index contributed by atoms with van der Waals surface area (Å²) in [6, 6.07) is 1.81. The number of rotatable bonds is 7. The van der Waals surface area contributed by atoms with Gasteiger partial charge in [0.2, 0.25) is 5.95 Å². The van der Waals surface area contributed by atoms with Gasteiger partial charge < -0.3 is 5.32 Å². The quantitative estimate of drug-likeness (QED) is 0.775. The SMILES string of the molecule is c1cnc(NCCCSCc2cnns2)nc1. The molecule has 0 spiro atoms. The molecule has 17 heavy (non-hydrogen) atoms. The number of nitrogens with zero attached hydrogens (tertiary/aromatic N) is 4. The third-order valence-corrected chi connectivity index (χ3v) is 3.90. The fourth-order valence-electron chi connectivity index (χ4n) is 1.19. The van der Waals surface area contributed by atoms with Gasteiger partial charge in [-0.15, -0.1) is 5.10 Å². The zero-order valence-corrected chi connectivity index (χ0v) is 10.9. The van der Waals surface area contributed by atoms with Gasteiger partial charge in [-0.1, -0.05) is 4.49 Å². The molecule has 0 saturated heterocycles. The molecule has 0 unspecified atom stereocenters. The average molecular weight is 267 g/mol. The molecule has 0 saturated carbocycles. The van der Waals surface area contributed by atoms with Gasteiger partial charge in [-0.2, -0.15) is 11.8 Å². The molecule has 0 bridgehead atoms. The van der Waals surface area contributed by atoms with Gasteiger partial charge in [0.25, 0.3) is 0 Å². The predicted octanol–water partition coefficient (Wildman–Crippen LogP) is 2.06. The lowest BCUT2D eigenvalue weighted by Gasteiger charge is -2.03. The van der Waals surface area contributed by atoms with Crippen LogP contribution in [0.25, 0.3) is 0 Å². The number of anilines is 1. The molecule has 0 aromatic carbocycles. The van der Waals surface area contributed by atoms with Crippen LogP contribution in [0.4, 0.5) is 5.95 Å². The van der Waals surface area contributed by atoms with Gasteiger partial charge in [0.05, 0.1) is 11.1 Å². The molecule has 0 aliphatic carbocycles. The van der Waals surface area contributed by atoms with Gasteiger partial charge in [0.15, 0.2) is 0 Å². The van der Waals surface area contributed by atoms with E-state index in [2.05, 4.69) is 24.9 Å². The van der Waals surface area contributed by atoms with Crippen molar-refractivity contribution in [1.29, 1.82) is 0 Å². The minimum atomic E-state index is 0.698. The van der Waals surface area contributed by atoms with E-state index in [1.54, 1.807) is 12.4 Å². The number of thioether (sulfide) groups is 1. The summed E-state index contributed by atoms with van der Waals surface area (Å²) in [5.41, 5.74) is 0. The molecule has 0 radical (unpaired) electrons. The van der Waals surface area contributed by atoms with E-state index >= 15 is 0 Å². The smallest absolute Gasteiger partial charge is 0.222 e. The average Bonchev–Trinajstić information content (AvgIpc) is 2.88. The molecule has 0 amide bonds. The van der Waals surface area contributed by atoms with Crippen molar-refractivity contribution in [2.24, 2.45) is 0 Å². The van der Waals surface area contributed by atoms with Crippen molar-refractivity contribution >= 4 is 29.2 Å². The fraction of sp³-hybridized carbons (Fsp3) is 0.400. The first-order chi connectivity index (χ1) is 8.45. The summed E-state index contributed by atoms with van der Waals surface area (Å²) in [5.74, 6) is 2.81. The van der Waals surface area contributed by atoms with Gasteiger partial charge in [-0.05, 0) is 29.8 Å². The highest BCUT2D eigenvalue weighted by Gasteiger charge is 1.97. The molecular weight excluding hydrogens is 254 g/mol. The molecule has 2 heterocycles. The summed E-state index contributed by atoms with van der Waals surface area (Å²) in [7, 11) is 0. The van der Waals surface area contributed by atoms with Crippen molar-refractivity contribution in [3.8, 4) is 0 Å². The Hall–Kier alpha value is -1.21. The molecule has 0 atom stereocenters. The second-order valence-electron chi connectivity index (χ2n) is 3.29. The molecular formula is C10H13N5S2. The second kappa shape index (κ2) is 7.18. The van der Waals surface area contributed by atoms with E-state index in [1.165, 1.54) is 16.4 Å². The topological polar surface area (TPSA) is 63.6 Å². The van der Waals surface area contributed by atoms with E-state index < -0.39 is 0 Å². The largest absolute Gasteiger partial charge is 0.354 e. The summed E-state index contributed by atoms with van der Waals surface area (Å²) in [6.07, 6.45) is 6.39. The third-order valence-electron chi connectivity index (χ3n) is 1.97. The van der Waals surface area contributed by atoms with Crippen LogP contribution in [0.2, 0.25) is 0 Å². The molecule has 0 fully saturated rings. The number of aromatic nitrogens is 4. The van der Waals surface area contributed by atoms with E-state index in [4.69, 9.17) is 0 Å². The van der Waals surface area contributed by atoms with E-state index in [0.29, 0.717) is 5.95 Å². The maximum atomic E-state index is 4.09. The second-order valence-corrected chi connectivity index (χ2v) is 5.26. The maximum absolute atomic E-state index is 4.09. The van der Waals surface area contributed by atoms with Crippen LogP contribution in [-0.4, -0.2) is 31.9 Å². The lowest BCUT2D eigenvalue weighted by Crippen LogP contribution is -2.05. The van der Waals surface area contributed by atoms with Crippen LogP contribution in [-0.2, 0) is 5.75 Å². The van der Waals surface area contributed by atoms with Crippen molar-refractivity contribution in [1.82, 2.24) is 19.6 Å². The predicted molar refractivity (Wildman–Crippen MR) is 71.2 cm³/mol. The zero-order chi connectivity index (χ0) is 11.8. The summed E-state index contributed by atoms with van der Waals surface area (Å²) < 4.78 is 3.83. The minimum Gasteiger partial charge on any atom is -0.354 e. The van der Waals surface area contributed by atoms with Crippen molar-refractivity contribution in [3.63, 3.8) is 0 Å². The van der Waals surface area contributed by atoms with Gasteiger partial charge in [-0.3, -0.25) is 0 Å². The lowest BCUT2D eigenvalue weighted by atomic mass is 10.5. The van der Waals surface area contributed by atoms with Crippen molar-refractivity contribution in [3.05, 3.63) is 29.5 Å². The Morgan fingerprint density at radius 2 is 2.18 bits per heavy atom. The van der Waals surface area contributed by atoms with Crippen LogP contribution in [0.5, 0.6) is 0 Å². The summed E-state index contributed by atoms with van der Waals surface area (Å²) >= 11 is 3.36. The van der Waals surface area contributed by atoms with Crippen LogP contribution in [0.1, 0.15) is 11.3 Å². The Morgan fingerprint density at radius 1 is 1.29 bits per heavy atom. The van der Waals surface area contributed by atoms with Crippen molar-refractivity contribution < 1.29 is 0 Å². The minimum absolute atomic E-state index is 0.698. The molecule has 1 N–H and O–H groups in total. The van der Waals surface area contributed by atoms with Crippen molar-refractivity contribution in [2.45, 2.75) is 12.2 Å². The van der Waals surface area contributed by atoms with E-state index in [0.717, 1.165) is 24.5 Å². The molecule has 2 aromatic heterocycles. The normalized spacial score (nSPS) is 10.4. The monoisotopic (exact) mass is 267 g/mol. The number of nitrogens with one attached hydrogen (secondary N) is 1. The first kappa shape index (κ1) is 12.3. The number of hydrogen-bond donors (Lipinski definition) is 1. The van der Waals surface area contributed by atoms with Gasteiger partial charge in [0.1, 0.15) is 0 Å². The Labute approximate surface area is 108 Å². The highest BCUT2D eigenvalue weighted by atomic mass is 32.2. The van der Waals surface area contributed by atoms with Crippen LogP contribution in [0.3, 0.4) is 0 Å². The Morgan fingerprint density at radius 3 is 2.94 bits per heavy atom. The highest BCUT2D eigenvalue weighted by Crippen LogP contribution is 2.14. The Bertz CT molecular complexity index is 406. The van der Waals surface area contributed by atoms with Crippen LogP contribution in [0.15, 0.2) is 24.7 Å². The molecule has 5 nitrogen and oxygen atoms in total. The van der Waals surface area contributed by atoms with E-state index in [-0.39, 0.29) is 0 Å². The first-order valence-corrected chi connectivity index (χ1v) is 7.23. The van der Waals surface area contributed by atoms with Gasteiger partial charge in [-0.25, -0.2) is 9.97 Å². The molecule has 2 aromatic rings. The first-order valence-electron chi connectivity index (χ1n) is 5.30. The van der Waals surface area contributed by atoms with Crippen LogP contribution < -0.4 is 5.32 Å². The van der Waals surface area contributed by atoms with Gasteiger partial charge in [0, 0.05) is 24.7 Å². The van der Waals surface area contributed by atoms with Crippen molar-refractivity contribution in [2.75, 3.05) is 17.6 Å². The van der Waals surface area contributed by atoms with Crippen LogP contribution >= 0.6 is 23.3 Å². The molecule has 90 valence electrons. The molecule has 0 aliphatic rings. The molecule has 2 rings (SSSR count). The van der Waals surface area contributed by atoms with E-state index in [9.17, 15) is 0 Å². The summed E-state index contributed by atoms with van der Waals surface area (Å²) in [6.45, 7) is 0.901. The van der Waals surface area contributed by atoms with E-state index in [1.807, 2.05) is 24.0 Å². The number of hydrogen-bond acceptors (Lipinski definition) is 7. The molecule has 0 aliphatic heterocycles. The molecule has 7 heteroatoms. The maximum Gasteiger partial charge on any atom is 0.222 e.